The average Bonchev–Trinajstić information content (AvgIpc) is 2.50. The van der Waals surface area contributed by atoms with Crippen LogP contribution in [0, 0.1) is 17.6 Å². The molecular weight excluding hydrogens is 441 g/mol. The summed E-state index contributed by atoms with van der Waals surface area (Å²) in [5.74, 6) is -0.439. The van der Waals surface area contributed by atoms with Crippen molar-refractivity contribution in [3.8, 4) is 0 Å². The second-order valence-electron chi connectivity index (χ2n) is 6.13. The predicted molar refractivity (Wildman–Crippen MR) is 105 cm³/mol. The summed E-state index contributed by atoms with van der Waals surface area (Å²) in [6.07, 6.45) is 2.84. The van der Waals surface area contributed by atoms with Gasteiger partial charge in [-0.25, -0.2) is 8.78 Å². The quantitative estimate of drug-likeness (QED) is 0.398. The average molecular weight is 466 g/mol. The number of primary amides is 1. The van der Waals surface area contributed by atoms with Gasteiger partial charge in [0.25, 0.3) is 0 Å². The number of piperidine rings is 1. The molecule has 1 heterocycles. The van der Waals surface area contributed by atoms with Crippen molar-refractivity contribution in [2.45, 2.75) is 25.7 Å². The Balaban J connectivity index is 0.00000312. The first kappa shape index (κ1) is 21.6. The Hall–Kier alpha value is -1.45. The predicted octanol–water partition coefficient (Wildman–Crippen LogP) is 2.29. The molecule has 1 amide bonds. The number of hydrogen-bond acceptors (Lipinski definition) is 2. The first-order valence-electron chi connectivity index (χ1n) is 8.17. The Kier molecular flexibility index (Phi) is 9.09. The van der Waals surface area contributed by atoms with E-state index in [1.807, 2.05) is 0 Å². The highest BCUT2D eigenvalue weighted by Gasteiger charge is 2.23. The van der Waals surface area contributed by atoms with Crippen LogP contribution in [0.3, 0.4) is 0 Å². The summed E-state index contributed by atoms with van der Waals surface area (Å²) in [5.41, 5.74) is 5.88. The van der Waals surface area contributed by atoms with Crippen molar-refractivity contribution in [2.75, 3.05) is 26.7 Å². The fourth-order valence-electron chi connectivity index (χ4n) is 3.11. The van der Waals surface area contributed by atoms with Gasteiger partial charge in [0.05, 0.1) is 0 Å². The molecule has 25 heavy (non-hydrogen) atoms. The van der Waals surface area contributed by atoms with Crippen molar-refractivity contribution in [3.05, 3.63) is 35.4 Å². The fourth-order valence-corrected chi connectivity index (χ4v) is 3.11. The molecule has 0 aliphatic carbocycles. The number of rotatable bonds is 5. The molecule has 1 aromatic rings. The molecule has 0 aromatic heterocycles. The van der Waals surface area contributed by atoms with E-state index in [0.717, 1.165) is 38.0 Å². The van der Waals surface area contributed by atoms with Gasteiger partial charge in [0.15, 0.2) is 5.96 Å². The number of likely N-dealkylation sites (tertiary alicyclic amines) is 1. The Labute approximate surface area is 164 Å². The van der Waals surface area contributed by atoms with Crippen LogP contribution in [0.5, 0.6) is 0 Å². The second kappa shape index (κ2) is 10.5. The molecular formula is C17H25F2IN4O. The van der Waals surface area contributed by atoms with Crippen LogP contribution in [-0.4, -0.2) is 43.4 Å². The number of halogens is 3. The smallest absolute Gasteiger partial charge is 0.217 e. The highest BCUT2D eigenvalue weighted by molar-refractivity contribution is 14.0. The van der Waals surface area contributed by atoms with Crippen LogP contribution in [-0.2, 0) is 11.2 Å². The van der Waals surface area contributed by atoms with Crippen LogP contribution < -0.4 is 11.1 Å². The number of guanidine groups is 1. The molecule has 1 aromatic carbocycles. The number of nitrogens with one attached hydrogen (secondary N) is 1. The topological polar surface area (TPSA) is 70.7 Å². The highest BCUT2D eigenvalue weighted by Crippen LogP contribution is 2.19. The number of nitrogens with zero attached hydrogens (tertiary/aromatic N) is 2. The lowest BCUT2D eigenvalue weighted by Gasteiger charge is -2.34. The third-order valence-corrected chi connectivity index (χ3v) is 4.14. The third kappa shape index (κ3) is 7.13. The Bertz CT molecular complexity index is 592. The molecule has 5 nitrogen and oxygen atoms in total. The van der Waals surface area contributed by atoms with E-state index in [4.69, 9.17) is 5.73 Å². The van der Waals surface area contributed by atoms with E-state index in [0.29, 0.717) is 24.9 Å². The van der Waals surface area contributed by atoms with E-state index in [1.165, 1.54) is 12.1 Å². The van der Waals surface area contributed by atoms with Crippen molar-refractivity contribution in [1.29, 1.82) is 0 Å². The van der Waals surface area contributed by atoms with E-state index in [-0.39, 0.29) is 35.8 Å². The molecule has 1 atom stereocenters. The maximum absolute atomic E-state index is 13.2. The molecule has 1 saturated heterocycles. The summed E-state index contributed by atoms with van der Waals surface area (Å²) in [5, 5.41) is 3.22. The first-order chi connectivity index (χ1) is 11.5. The van der Waals surface area contributed by atoms with E-state index in [1.54, 1.807) is 7.05 Å². The second-order valence-corrected chi connectivity index (χ2v) is 6.13. The number of benzene rings is 1. The number of hydrogen-bond donors (Lipinski definition) is 2. The van der Waals surface area contributed by atoms with Gasteiger partial charge in [-0.05, 0) is 42.9 Å². The summed E-state index contributed by atoms with van der Waals surface area (Å²) in [6.45, 7) is 2.12. The Morgan fingerprint density at radius 3 is 2.64 bits per heavy atom. The first-order valence-corrected chi connectivity index (χ1v) is 8.17. The molecule has 1 unspecified atom stereocenters. The van der Waals surface area contributed by atoms with Gasteiger partial charge in [-0.15, -0.1) is 24.0 Å². The molecule has 0 saturated carbocycles. The molecule has 1 aliphatic heterocycles. The van der Waals surface area contributed by atoms with Crippen molar-refractivity contribution < 1.29 is 13.6 Å². The zero-order chi connectivity index (χ0) is 17.5. The van der Waals surface area contributed by atoms with Gasteiger partial charge in [-0.1, -0.05) is 0 Å². The van der Waals surface area contributed by atoms with Gasteiger partial charge in [-0.3, -0.25) is 9.79 Å². The van der Waals surface area contributed by atoms with Crippen LogP contribution >= 0.6 is 24.0 Å². The molecule has 8 heteroatoms. The number of aliphatic imine (C=N–C) groups is 1. The minimum absolute atomic E-state index is 0. The standard InChI is InChI=1S/C17H24F2N4O.HI/c1-21-17(23-6-2-3-13(11-23)9-16(20)24)22-5-4-12-7-14(18)10-15(19)8-12;/h7-8,10,13H,2-6,9,11H2,1H3,(H2,20,24)(H,21,22);1H. The summed E-state index contributed by atoms with van der Waals surface area (Å²) >= 11 is 0. The van der Waals surface area contributed by atoms with E-state index >= 15 is 0 Å². The number of nitrogens with two attached hydrogens (primary N) is 1. The zero-order valence-corrected chi connectivity index (χ0v) is 16.6. The monoisotopic (exact) mass is 466 g/mol. The maximum Gasteiger partial charge on any atom is 0.217 e. The van der Waals surface area contributed by atoms with Crippen LogP contribution in [0.2, 0.25) is 0 Å². The molecule has 140 valence electrons. The lowest BCUT2D eigenvalue weighted by molar-refractivity contribution is -0.119. The van der Waals surface area contributed by atoms with Crippen LogP contribution in [0.25, 0.3) is 0 Å². The summed E-state index contributed by atoms with van der Waals surface area (Å²) in [6, 6.07) is 3.52. The van der Waals surface area contributed by atoms with Crippen molar-refractivity contribution in [3.63, 3.8) is 0 Å². The molecule has 1 fully saturated rings. The van der Waals surface area contributed by atoms with Crippen LogP contribution in [0.4, 0.5) is 8.78 Å². The van der Waals surface area contributed by atoms with Gasteiger partial charge in [-0.2, -0.15) is 0 Å². The maximum atomic E-state index is 13.2. The number of carbonyl (C=O) groups excluding carboxylic acids is 1. The van der Waals surface area contributed by atoms with Gasteiger partial charge in [0.1, 0.15) is 11.6 Å². The SMILES string of the molecule is CN=C(NCCc1cc(F)cc(F)c1)N1CCCC(CC(N)=O)C1.I. The molecule has 0 spiro atoms. The van der Waals surface area contributed by atoms with Gasteiger partial charge in [0, 0.05) is 39.2 Å². The largest absolute Gasteiger partial charge is 0.370 e. The zero-order valence-electron chi connectivity index (χ0n) is 14.3. The van der Waals surface area contributed by atoms with Crippen molar-refractivity contribution in [1.82, 2.24) is 10.2 Å². The minimum atomic E-state index is -0.570. The lowest BCUT2D eigenvalue weighted by atomic mass is 9.95. The molecule has 3 N–H and O–H groups in total. The fraction of sp³-hybridized carbons (Fsp3) is 0.529. The van der Waals surface area contributed by atoms with Gasteiger partial charge < -0.3 is 16.0 Å². The molecule has 0 bridgehead atoms. The Morgan fingerprint density at radius 1 is 1.36 bits per heavy atom. The highest BCUT2D eigenvalue weighted by atomic mass is 127. The van der Waals surface area contributed by atoms with E-state index in [9.17, 15) is 13.6 Å². The lowest BCUT2D eigenvalue weighted by Crippen LogP contribution is -2.47. The Morgan fingerprint density at radius 2 is 2.04 bits per heavy atom. The molecule has 2 rings (SSSR count). The number of amides is 1. The number of carbonyl (C=O) groups is 1. The molecule has 0 radical (unpaired) electrons. The molecule has 1 aliphatic rings. The summed E-state index contributed by atoms with van der Waals surface area (Å²) in [7, 11) is 1.70. The van der Waals surface area contributed by atoms with E-state index in [2.05, 4.69) is 15.2 Å². The van der Waals surface area contributed by atoms with Gasteiger partial charge >= 0.3 is 0 Å². The van der Waals surface area contributed by atoms with Crippen LogP contribution in [0.15, 0.2) is 23.2 Å². The van der Waals surface area contributed by atoms with E-state index < -0.39 is 11.6 Å². The minimum Gasteiger partial charge on any atom is -0.370 e. The summed E-state index contributed by atoms with van der Waals surface area (Å²) < 4.78 is 26.4. The van der Waals surface area contributed by atoms with Crippen molar-refractivity contribution in [2.24, 2.45) is 16.6 Å². The van der Waals surface area contributed by atoms with Gasteiger partial charge in [0.2, 0.25) is 5.91 Å². The summed E-state index contributed by atoms with van der Waals surface area (Å²) in [4.78, 5) is 17.5. The van der Waals surface area contributed by atoms with Crippen LogP contribution in [0.1, 0.15) is 24.8 Å². The normalized spacial score (nSPS) is 17.8. The third-order valence-electron chi connectivity index (χ3n) is 4.14. The van der Waals surface area contributed by atoms with Crippen molar-refractivity contribution >= 4 is 35.8 Å².